The highest BCUT2D eigenvalue weighted by Gasteiger charge is 2.30. The number of carbonyl (C=O) groups is 1. The molecule has 0 radical (unpaired) electrons. The molecule has 0 aromatic carbocycles. The Morgan fingerprint density at radius 1 is 1.21 bits per heavy atom. The van der Waals surface area contributed by atoms with Gasteiger partial charge in [-0.3, -0.25) is 9.69 Å². The average molecular weight is 267 g/mol. The Kier molecular flexibility index (Phi) is 6.11. The first-order valence-corrected chi connectivity index (χ1v) is 8.02. The fourth-order valence-corrected chi connectivity index (χ4v) is 3.59. The number of hydrogen-bond acceptors (Lipinski definition) is 3. The van der Waals surface area contributed by atoms with Crippen LogP contribution in [0.25, 0.3) is 0 Å². The molecule has 0 aliphatic carbocycles. The van der Waals surface area contributed by atoms with E-state index in [1.807, 2.05) is 6.92 Å². The second-order valence-corrected chi connectivity index (χ2v) is 5.93. The molecule has 110 valence electrons. The predicted octanol–water partition coefficient (Wildman–Crippen LogP) is 1.37. The van der Waals surface area contributed by atoms with Gasteiger partial charge in [-0.15, -0.1) is 0 Å². The van der Waals surface area contributed by atoms with Crippen LogP contribution < -0.4 is 10.6 Å². The van der Waals surface area contributed by atoms with Crippen molar-refractivity contribution in [2.24, 2.45) is 5.92 Å². The van der Waals surface area contributed by atoms with E-state index in [2.05, 4.69) is 15.5 Å². The monoisotopic (exact) mass is 267 g/mol. The van der Waals surface area contributed by atoms with E-state index in [1.54, 1.807) is 0 Å². The van der Waals surface area contributed by atoms with Crippen LogP contribution in [-0.2, 0) is 4.79 Å². The molecule has 4 nitrogen and oxygen atoms in total. The highest BCUT2D eigenvalue weighted by molar-refractivity contribution is 5.77. The largest absolute Gasteiger partial charge is 0.355 e. The van der Waals surface area contributed by atoms with Gasteiger partial charge in [-0.25, -0.2) is 0 Å². The maximum absolute atomic E-state index is 11.9. The normalized spacial score (nSPS) is 26.9. The second-order valence-electron chi connectivity index (χ2n) is 5.93. The van der Waals surface area contributed by atoms with Gasteiger partial charge in [0.1, 0.15) is 0 Å². The zero-order chi connectivity index (χ0) is 13.5. The number of rotatable bonds is 4. The van der Waals surface area contributed by atoms with Gasteiger partial charge in [-0.05, 0) is 58.2 Å². The maximum atomic E-state index is 11.9. The van der Waals surface area contributed by atoms with Gasteiger partial charge in [-0.2, -0.15) is 0 Å². The summed E-state index contributed by atoms with van der Waals surface area (Å²) in [6.07, 6.45) is 7.74. The first kappa shape index (κ1) is 14.8. The number of nitrogens with zero attached hydrogens (tertiary/aromatic N) is 1. The summed E-state index contributed by atoms with van der Waals surface area (Å²) < 4.78 is 0. The summed E-state index contributed by atoms with van der Waals surface area (Å²) in [5.74, 6) is 0.983. The Bertz CT molecular complexity index is 277. The van der Waals surface area contributed by atoms with Gasteiger partial charge in [0, 0.05) is 12.6 Å². The zero-order valence-electron chi connectivity index (χ0n) is 12.3. The van der Waals surface area contributed by atoms with Gasteiger partial charge >= 0.3 is 0 Å². The van der Waals surface area contributed by atoms with Crippen LogP contribution in [0.5, 0.6) is 0 Å². The number of nitrogens with one attached hydrogen (secondary N) is 2. The smallest absolute Gasteiger partial charge is 0.234 e. The minimum atomic E-state index is 0.198. The van der Waals surface area contributed by atoms with E-state index < -0.39 is 0 Å². The molecular weight excluding hydrogens is 238 g/mol. The van der Waals surface area contributed by atoms with Crippen molar-refractivity contribution in [2.75, 3.05) is 32.7 Å². The molecule has 1 amide bonds. The second kappa shape index (κ2) is 7.85. The molecule has 2 heterocycles. The van der Waals surface area contributed by atoms with Crippen molar-refractivity contribution in [3.8, 4) is 0 Å². The topological polar surface area (TPSA) is 44.4 Å². The van der Waals surface area contributed by atoms with Gasteiger partial charge in [0.15, 0.2) is 0 Å². The van der Waals surface area contributed by atoms with Crippen molar-refractivity contribution in [1.82, 2.24) is 15.5 Å². The van der Waals surface area contributed by atoms with Gasteiger partial charge < -0.3 is 10.6 Å². The van der Waals surface area contributed by atoms with E-state index in [0.29, 0.717) is 12.6 Å². The van der Waals surface area contributed by atoms with Gasteiger partial charge in [0.25, 0.3) is 0 Å². The fraction of sp³-hybridized carbons (Fsp3) is 0.933. The molecule has 19 heavy (non-hydrogen) atoms. The lowest BCUT2D eigenvalue weighted by atomic mass is 9.87. The van der Waals surface area contributed by atoms with Crippen molar-refractivity contribution >= 4 is 5.91 Å². The molecule has 2 saturated heterocycles. The van der Waals surface area contributed by atoms with Crippen molar-refractivity contribution in [1.29, 1.82) is 0 Å². The molecule has 1 atom stereocenters. The van der Waals surface area contributed by atoms with E-state index in [9.17, 15) is 4.79 Å². The van der Waals surface area contributed by atoms with Crippen LogP contribution in [0.15, 0.2) is 0 Å². The number of amides is 1. The Morgan fingerprint density at radius 2 is 2.00 bits per heavy atom. The Balaban J connectivity index is 1.95. The van der Waals surface area contributed by atoms with Crippen LogP contribution in [0.3, 0.4) is 0 Å². The molecule has 2 rings (SSSR count). The molecule has 0 aromatic rings. The number of likely N-dealkylation sites (N-methyl/N-ethyl adjacent to an activating group) is 1. The Labute approximate surface area is 117 Å². The first-order valence-electron chi connectivity index (χ1n) is 8.02. The molecule has 0 saturated carbocycles. The molecule has 0 aromatic heterocycles. The molecule has 2 fully saturated rings. The summed E-state index contributed by atoms with van der Waals surface area (Å²) in [5, 5.41) is 6.39. The highest BCUT2D eigenvalue weighted by Crippen LogP contribution is 2.27. The summed E-state index contributed by atoms with van der Waals surface area (Å²) in [7, 11) is 0. The average Bonchev–Trinajstić information content (AvgIpc) is 2.65. The summed E-state index contributed by atoms with van der Waals surface area (Å²) >= 11 is 0. The third kappa shape index (κ3) is 4.46. The lowest BCUT2D eigenvalue weighted by Gasteiger charge is -2.37. The van der Waals surface area contributed by atoms with E-state index in [4.69, 9.17) is 0 Å². The maximum Gasteiger partial charge on any atom is 0.234 e. The SMILES string of the molecule is CCNC(=O)CN1CCCCCC1C1CCNCC1. The number of hydrogen-bond donors (Lipinski definition) is 2. The minimum absolute atomic E-state index is 0.198. The lowest BCUT2D eigenvalue weighted by Crippen LogP contribution is -2.48. The highest BCUT2D eigenvalue weighted by atomic mass is 16.2. The third-order valence-electron chi connectivity index (χ3n) is 4.56. The van der Waals surface area contributed by atoms with E-state index in [-0.39, 0.29) is 5.91 Å². The van der Waals surface area contributed by atoms with Gasteiger partial charge in [-0.1, -0.05) is 12.8 Å². The molecule has 4 heteroatoms. The molecule has 0 bridgehead atoms. The summed E-state index contributed by atoms with van der Waals surface area (Å²) in [6, 6.07) is 0.632. The van der Waals surface area contributed by atoms with Crippen LogP contribution in [0.1, 0.15) is 45.4 Å². The molecule has 2 N–H and O–H groups in total. The number of likely N-dealkylation sites (tertiary alicyclic amines) is 1. The molecular formula is C15H29N3O. The van der Waals surface area contributed by atoms with Crippen LogP contribution in [-0.4, -0.2) is 49.6 Å². The minimum Gasteiger partial charge on any atom is -0.355 e. The van der Waals surface area contributed by atoms with Crippen LogP contribution in [0.4, 0.5) is 0 Å². The van der Waals surface area contributed by atoms with Crippen molar-refractivity contribution < 1.29 is 4.79 Å². The number of piperidine rings is 1. The van der Waals surface area contributed by atoms with Crippen molar-refractivity contribution in [3.63, 3.8) is 0 Å². The summed E-state index contributed by atoms with van der Waals surface area (Å²) in [5.41, 5.74) is 0. The van der Waals surface area contributed by atoms with Crippen LogP contribution in [0.2, 0.25) is 0 Å². The lowest BCUT2D eigenvalue weighted by molar-refractivity contribution is -0.123. The Hall–Kier alpha value is -0.610. The standard InChI is InChI=1S/C15H29N3O/c1-2-17-15(19)12-18-11-5-3-4-6-14(18)13-7-9-16-10-8-13/h13-14,16H,2-12H2,1H3,(H,17,19). The Morgan fingerprint density at radius 3 is 2.74 bits per heavy atom. The van der Waals surface area contributed by atoms with E-state index in [0.717, 1.165) is 32.1 Å². The fourth-order valence-electron chi connectivity index (χ4n) is 3.59. The first-order chi connectivity index (χ1) is 9.31. The molecule has 0 spiro atoms. The summed E-state index contributed by atoms with van der Waals surface area (Å²) in [4.78, 5) is 14.4. The zero-order valence-corrected chi connectivity index (χ0v) is 12.3. The van der Waals surface area contributed by atoms with Gasteiger partial charge in [0.2, 0.25) is 5.91 Å². The van der Waals surface area contributed by atoms with E-state index >= 15 is 0 Å². The van der Waals surface area contributed by atoms with Crippen molar-refractivity contribution in [3.05, 3.63) is 0 Å². The van der Waals surface area contributed by atoms with Crippen LogP contribution in [0, 0.1) is 5.92 Å². The summed E-state index contributed by atoms with van der Waals surface area (Å²) in [6.45, 7) is 6.73. The molecule has 2 aliphatic heterocycles. The van der Waals surface area contributed by atoms with Crippen molar-refractivity contribution in [2.45, 2.75) is 51.5 Å². The third-order valence-corrected chi connectivity index (χ3v) is 4.56. The van der Waals surface area contributed by atoms with E-state index in [1.165, 1.54) is 38.5 Å². The molecule has 2 aliphatic rings. The quantitative estimate of drug-likeness (QED) is 0.808. The van der Waals surface area contributed by atoms with Crippen LogP contribution >= 0.6 is 0 Å². The molecule has 1 unspecified atom stereocenters. The number of carbonyl (C=O) groups excluding carboxylic acids is 1. The van der Waals surface area contributed by atoms with Gasteiger partial charge in [0.05, 0.1) is 6.54 Å². The predicted molar refractivity (Wildman–Crippen MR) is 78.1 cm³/mol.